The summed E-state index contributed by atoms with van der Waals surface area (Å²) in [5.74, 6) is 1.71. The van der Waals surface area contributed by atoms with Gasteiger partial charge in [0.1, 0.15) is 6.29 Å². The molecule has 1 aliphatic rings. The summed E-state index contributed by atoms with van der Waals surface area (Å²) < 4.78 is 11.6. The zero-order chi connectivity index (χ0) is 16.2. The van der Waals surface area contributed by atoms with Gasteiger partial charge in [0.2, 0.25) is 5.88 Å². The van der Waals surface area contributed by atoms with E-state index < -0.39 is 0 Å². The number of aldehydes is 1. The van der Waals surface area contributed by atoms with Gasteiger partial charge < -0.3 is 9.47 Å². The maximum absolute atomic E-state index is 10.9. The van der Waals surface area contributed by atoms with Crippen molar-refractivity contribution in [3.63, 3.8) is 0 Å². The Kier molecular flexibility index (Phi) is 4.81. The SMILES string of the molecule is CCOc1cc(C=O)ccc1Oc1nc(SC)nc2c1CCC2. The van der Waals surface area contributed by atoms with Crippen LogP contribution in [0.15, 0.2) is 23.4 Å². The number of nitrogens with zero attached hydrogens (tertiary/aromatic N) is 2. The molecule has 0 spiro atoms. The highest BCUT2D eigenvalue weighted by atomic mass is 32.2. The number of fused-ring (bicyclic) bond motifs is 1. The smallest absolute Gasteiger partial charge is 0.226 e. The van der Waals surface area contributed by atoms with Crippen LogP contribution in [0.4, 0.5) is 0 Å². The van der Waals surface area contributed by atoms with E-state index >= 15 is 0 Å². The van der Waals surface area contributed by atoms with Crippen molar-refractivity contribution in [2.24, 2.45) is 0 Å². The fourth-order valence-corrected chi connectivity index (χ4v) is 2.98. The molecule has 1 aromatic heterocycles. The topological polar surface area (TPSA) is 61.3 Å². The second kappa shape index (κ2) is 7.00. The summed E-state index contributed by atoms with van der Waals surface area (Å²) in [6, 6.07) is 5.14. The lowest BCUT2D eigenvalue weighted by molar-refractivity contribution is 0.112. The fraction of sp³-hybridized carbons (Fsp3) is 0.353. The highest BCUT2D eigenvalue weighted by Crippen LogP contribution is 2.36. The third-order valence-corrected chi connectivity index (χ3v) is 4.22. The van der Waals surface area contributed by atoms with E-state index in [1.807, 2.05) is 13.2 Å². The minimum absolute atomic E-state index is 0.497. The largest absolute Gasteiger partial charge is 0.490 e. The number of carbonyl (C=O) groups is 1. The third-order valence-electron chi connectivity index (χ3n) is 3.67. The molecule has 0 saturated carbocycles. The van der Waals surface area contributed by atoms with Crippen LogP contribution in [0.2, 0.25) is 0 Å². The molecule has 5 nitrogen and oxygen atoms in total. The van der Waals surface area contributed by atoms with Crippen molar-refractivity contribution in [1.29, 1.82) is 0 Å². The number of hydrogen-bond acceptors (Lipinski definition) is 6. The quantitative estimate of drug-likeness (QED) is 0.457. The summed E-state index contributed by atoms with van der Waals surface area (Å²) in [7, 11) is 0. The van der Waals surface area contributed by atoms with Crippen LogP contribution in [0.3, 0.4) is 0 Å². The van der Waals surface area contributed by atoms with E-state index in [-0.39, 0.29) is 0 Å². The number of aryl methyl sites for hydroxylation is 1. The van der Waals surface area contributed by atoms with E-state index in [0.29, 0.717) is 34.7 Å². The molecular weight excluding hydrogens is 312 g/mol. The number of aromatic nitrogens is 2. The lowest BCUT2D eigenvalue weighted by atomic mass is 10.2. The first kappa shape index (κ1) is 15.8. The summed E-state index contributed by atoms with van der Waals surface area (Å²) in [6.45, 7) is 2.39. The van der Waals surface area contributed by atoms with Crippen molar-refractivity contribution >= 4 is 18.0 Å². The van der Waals surface area contributed by atoms with Crippen LogP contribution in [0.1, 0.15) is 35.0 Å². The molecule has 1 aliphatic carbocycles. The minimum Gasteiger partial charge on any atom is -0.490 e. The number of ether oxygens (including phenoxy) is 2. The minimum atomic E-state index is 0.497. The lowest BCUT2D eigenvalue weighted by Gasteiger charge is -2.14. The van der Waals surface area contributed by atoms with Crippen LogP contribution in [-0.2, 0) is 12.8 Å². The van der Waals surface area contributed by atoms with Gasteiger partial charge in [-0.15, -0.1) is 0 Å². The normalized spacial score (nSPS) is 12.8. The average Bonchev–Trinajstić information content (AvgIpc) is 3.05. The van der Waals surface area contributed by atoms with Gasteiger partial charge in [-0.1, -0.05) is 11.8 Å². The van der Waals surface area contributed by atoms with E-state index in [9.17, 15) is 4.79 Å². The van der Waals surface area contributed by atoms with E-state index in [1.54, 1.807) is 18.2 Å². The molecular formula is C17H18N2O3S. The molecule has 1 heterocycles. The zero-order valence-corrected chi connectivity index (χ0v) is 14.0. The monoisotopic (exact) mass is 330 g/mol. The van der Waals surface area contributed by atoms with Crippen molar-refractivity contribution in [3.05, 3.63) is 35.0 Å². The highest BCUT2D eigenvalue weighted by molar-refractivity contribution is 7.98. The predicted molar refractivity (Wildman–Crippen MR) is 88.9 cm³/mol. The number of thioether (sulfide) groups is 1. The van der Waals surface area contributed by atoms with Crippen LogP contribution in [0, 0.1) is 0 Å². The first-order valence-corrected chi connectivity index (χ1v) is 8.81. The van der Waals surface area contributed by atoms with Gasteiger partial charge in [0.25, 0.3) is 0 Å². The van der Waals surface area contributed by atoms with Crippen LogP contribution in [0.5, 0.6) is 17.4 Å². The standard InChI is InChI=1S/C17H18N2O3S/c1-3-21-15-9-11(10-20)7-8-14(15)22-16-12-5-4-6-13(12)18-17(19-16)23-2/h7-10H,3-6H2,1-2H3. The summed E-state index contributed by atoms with van der Waals surface area (Å²) in [6.07, 6.45) is 5.70. The Morgan fingerprint density at radius 2 is 2.13 bits per heavy atom. The first-order valence-electron chi connectivity index (χ1n) is 7.58. The summed E-state index contributed by atoms with van der Waals surface area (Å²) in [5, 5.41) is 0.711. The first-order chi connectivity index (χ1) is 11.2. The van der Waals surface area contributed by atoms with Crippen LogP contribution >= 0.6 is 11.8 Å². The number of rotatable bonds is 6. The molecule has 0 N–H and O–H groups in total. The number of benzene rings is 1. The Balaban J connectivity index is 1.99. The van der Waals surface area contributed by atoms with Crippen LogP contribution < -0.4 is 9.47 Å². The van der Waals surface area contributed by atoms with Gasteiger partial charge in [-0.05, 0) is 50.6 Å². The molecule has 0 bridgehead atoms. The van der Waals surface area contributed by atoms with Gasteiger partial charge >= 0.3 is 0 Å². The van der Waals surface area contributed by atoms with Crippen LogP contribution in [-0.4, -0.2) is 29.1 Å². The summed E-state index contributed by atoms with van der Waals surface area (Å²) in [4.78, 5) is 20.0. The van der Waals surface area contributed by atoms with Crippen molar-refractivity contribution in [3.8, 4) is 17.4 Å². The molecule has 0 fully saturated rings. The molecule has 0 aliphatic heterocycles. The molecule has 1 aromatic carbocycles. The molecule has 3 rings (SSSR count). The molecule has 0 unspecified atom stereocenters. The van der Waals surface area contributed by atoms with E-state index in [0.717, 1.165) is 36.8 Å². The van der Waals surface area contributed by atoms with Gasteiger partial charge in [0.05, 0.1) is 12.3 Å². The molecule has 120 valence electrons. The summed E-state index contributed by atoms with van der Waals surface area (Å²) in [5.41, 5.74) is 2.70. The van der Waals surface area contributed by atoms with Gasteiger partial charge in [-0.25, -0.2) is 4.98 Å². The summed E-state index contributed by atoms with van der Waals surface area (Å²) >= 11 is 1.50. The van der Waals surface area contributed by atoms with Crippen molar-refractivity contribution in [2.45, 2.75) is 31.3 Å². The predicted octanol–water partition coefficient (Wildman–Crippen LogP) is 3.69. The Hall–Kier alpha value is -2.08. The third kappa shape index (κ3) is 3.32. The van der Waals surface area contributed by atoms with E-state index in [1.165, 1.54) is 11.8 Å². The van der Waals surface area contributed by atoms with E-state index in [2.05, 4.69) is 9.97 Å². The van der Waals surface area contributed by atoms with Crippen LogP contribution in [0.25, 0.3) is 0 Å². The van der Waals surface area contributed by atoms with Gasteiger partial charge in [-0.2, -0.15) is 4.98 Å². The zero-order valence-electron chi connectivity index (χ0n) is 13.2. The molecule has 0 radical (unpaired) electrons. The van der Waals surface area contributed by atoms with Crippen molar-refractivity contribution in [1.82, 2.24) is 9.97 Å². The maximum atomic E-state index is 10.9. The van der Waals surface area contributed by atoms with Gasteiger partial charge in [0.15, 0.2) is 16.7 Å². The van der Waals surface area contributed by atoms with E-state index in [4.69, 9.17) is 9.47 Å². The Labute approximate surface area is 139 Å². The molecule has 6 heteroatoms. The second-order valence-corrected chi connectivity index (χ2v) is 5.93. The highest BCUT2D eigenvalue weighted by Gasteiger charge is 2.21. The molecule has 0 atom stereocenters. The van der Waals surface area contributed by atoms with Crippen molar-refractivity contribution < 1.29 is 14.3 Å². The number of carbonyl (C=O) groups excluding carboxylic acids is 1. The Morgan fingerprint density at radius 3 is 2.87 bits per heavy atom. The Morgan fingerprint density at radius 1 is 1.26 bits per heavy atom. The lowest BCUT2D eigenvalue weighted by Crippen LogP contribution is -2.02. The number of hydrogen-bond donors (Lipinski definition) is 0. The molecule has 0 amide bonds. The fourth-order valence-electron chi connectivity index (χ4n) is 2.61. The maximum Gasteiger partial charge on any atom is 0.226 e. The van der Waals surface area contributed by atoms with Gasteiger partial charge in [-0.3, -0.25) is 4.79 Å². The second-order valence-electron chi connectivity index (χ2n) is 5.15. The van der Waals surface area contributed by atoms with Gasteiger partial charge in [0, 0.05) is 11.1 Å². The van der Waals surface area contributed by atoms with Crippen molar-refractivity contribution in [2.75, 3.05) is 12.9 Å². The molecule has 2 aromatic rings. The molecule has 23 heavy (non-hydrogen) atoms. The molecule has 0 saturated heterocycles. The Bertz CT molecular complexity index is 734. The average molecular weight is 330 g/mol.